The Balaban J connectivity index is 3.74. The largest absolute Gasteiger partial charge is 0.350 e. The predicted octanol–water partition coefficient (Wildman–Crippen LogP) is 0.219. The van der Waals surface area contributed by atoms with Gasteiger partial charge in [0.15, 0.2) is 0 Å². The van der Waals surface area contributed by atoms with Crippen LogP contribution in [-0.4, -0.2) is 24.3 Å². The zero-order valence-corrected chi connectivity index (χ0v) is 5.86. The number of halogens is 2. The van der Waals surface area contributed by atoms with Crippen LogP contribution in [0.25, 0.3) is 0 Å². The number of hydrogen-bond donors (Lipinski definition) is 2. The number of rotatable bonds is 3. The molecule has 2 amide bonds. The first-order valence-corrected chi connectivity index (χ1v) is 2.97. The molecule has 0 atom stereocenters. The lowest BCUT2D eigenvalue weighted by molar-refractivity contribution is 0.249. The highest BCUT2D eigenvalue weighted by atomic mass is 35.5. The Morgan fingerprint density at radius 1 is 1.80 bits per heavy atom. The molecule has 0 unspecified atom stereocenters. The van der Waals surface area contributed by atoms with Gasteiger partial charge in [0.25, 0.3) is 0 Å². The van der Waals surface area contributed by atoms with E-state index < -0.39 is 12.7 Å². The molecule has 0 aliphatic heterocycles. The first-order chi connectivity index (χ1) is 4.70. The summed E-state index contributed by atoms with van der Waals surface area (Å²) in [5.41, 5.74) is 6.52. The van der Waals surface area contributed by atoms with Gasteiger partial charge in [-0.3, -0.25) is 0 Å². The third-order valence-electron chi connectivity index (χ3n) is 0.633. The van der Waals surface area contributed by atoms with Gasteiger partial charge >= 0.3 is 6.03 Å². The lowest BCUT2D eigenvalue weighted by Gasteiger charge is -1.94. The van der Waals surface area contributed by atoms with Crippen molar-refractivity contribution in [1.29, 1.82) is 0 Å². The Labute approximate surface area is 62.2 Å². The van der Waals surface area contributed by atoms with Crippen LogP contribution in [0.4, 0.5) is 9.18 Å². The van der Waals surface area contributed by atoms with Crippen molar-refractivity contribution in [2.24, 2.45) is 10.8 Å². The molecular formula is C4H7ClFN3O. The molecule has 0 saturated heterocycles. The summed E-state index contributed by atoms with van der Waals surface area (Å²) in [6, 6.07) is -0.837. The van der Waals surface area contributed by atoms with Gasteiger partial charge in [-0.15, -0.1) is 11.6 Å². The first-order valence-electron chi connectivity index (χ1n) is 2.43. The maximum atomic E-state index is 11.7. The number of urea groups is 1. The maximum Gasteiger partial charge on any atom is 0.332 e. The molecule has 0 radical (unpaired) electrons. The number of hydrazone groups is 1. The number of amides is 2. The summed E-state index contributed by atoms with van der Waals surface area (Å²) in [6.07, 6.45) is 0. The average Bonchev–Trinajstić information content (AvgIpc) is 1.90. The zero-order valence-electron chi connectivity index (χ0n) is 5.10. The molecule has 4 nitrogen and oxygen atoms in total. The second kappa shape index (κ2) is 4.99. The van der Waals surface area contributed by atoms with E-state index in [1.54, 1.807) is 0 Å². The number of nitrogens with one attached hydrogen (secondary N) is 1. The predicted molar refractivity (Wildman–Crippen MR) is 36.8 cm³/mol. The number of nitrogens with zero attached hydrogens (tertiary/aromatic N) is 1. The Bertz CT molecular complexity index is 143. The van der Waals surface area contributed by atoms with Crippen LogP contribution in [0.1, 0.15) is 0 Å². The fraction of sp³-hybridized carbons (Fsp3) is 0.500. The molecule has 0 spiro atoms. The molecule has 0 aromatic heterocycles. The summed E-state index contributed by atoms with van der Waals surface area (Å²) in [4.78, 5) is 9.97. The van der Waals surface area contributed by atoms with Crippen LogP contribution >= 0.6 is 11.6 Å². The van der Waals surface area contributed by atoms with E-state index in [2.05, 4.69) is 10.8 Å². The second-order valence-electron chi connectivity index (χ2n) is 1.42. The number of nitrogens with two attached hydrogens (primary N) is 1. The quantitative estimate of drug-likeness (QED) is 0.353. The zero-order chi connectivity index (χ0) is 7.98. The van der Waals surface area contributed by atoms with Gasteiger partial charge in [-0.1, -0.05) is 0 Å². The summed E-state index contributed by atoms with van der Waals surface area (Å²) in [7, 11) is 0. The topological polar surface area (TPSA) is 67.5 Å². The van der Waals surface area contributed by atoms with Crippen molar-refractivity contribution in [3.8, 4) is 0 Å². The number of carbonyl (C=O) groups excluding carboxylic acids is 1. The van der Waals surface area contributed by atoms with Crippen LogP contribution in [0.3, 0.4) is 0 Å². The van der Waals surface area contributed by atoms with Crippen molar-refractivity contribution in [1.82, 2.24) is 5.43 Å². The van der Waals surface area contributed by atoms with Crippen LogP contribution in [-0.2, 0) is 0 Å². The van der Waals surface area contributed by atoms with Crippen molar-refractivity contribution >= 4 is 23.3 Å². The van der Waals surface area contributed by atoms with Gasteiger partial charge in [0.2, 0.25) is 0 Å². The average molecular weight is 168 g/mol. The van der Waals surface area contributed by atoms with Crippen LogP contribution in [0, 0.1) is 0 Å². The van der Waals surface area contributed by atoms with Gasteiger partial charge in [0, 0.05) is 0 Å². The van der Waals surface area contributed by atoms with Gasteiger partial charge in [0.05, 0.1) is 11.6 Å². The highest BCUT2D eigenvalue weighted by Crippen LogP contribution is 1.83. The molecule has 58 valence electrons. The van der Waals surface area contributed by atoms with E-state index >= 15 is 0 Å². The third kappa shape index (κ3) is 4.08. The molecule has 0 aromatic carbocycles. The number of primary amides is 1. The number of carbonyl (C=O) groups is 1. The van der Waals surface area contributed by atoms with Gasteiger partial charge in [-0.2, -0.15) is 5.10 Å². The first kappa shape index (κ1) is 9.16. The normalized spacial score (nSPS) is 11.2. The molecule has 0 aromatic rings. The van der Waals surface area contributed by atoms with E-state index in [1.807, 2.05) is 5.43 Å². The van der Waals surface area contributed by atoms with Gasteiger partial charge in [-0.05, 0) is 0 Å². The van der Waals surface area contributed by atoms with Crippen LogP contribution in [0.15, 0.2) is 5.10 Å². The lowest BCUT2D eigenvalue weighted by Crippen LogP contribution is -2.26. The lowest BCUT2D eigenvalue weighted by atomic mass is 10.5. The van der Waals surface area contributed by atoms with Gasteiger partial charge in [0.1, 0.15) is 6.67 Å². The highest BCUT2D eigenvalue weighted by Gasteiger charge is 1.95. The molecule has 0 heterocycles. The fourth-order valence-corrected chi connectivity index (χ4v) is 0.361. The molecule has 6 heteroatoms. The monoisotopic (exact) mass is 167 g/mol. The molecule has 3 N–H and O–H groups in total. The maximum absolute atomic E-state index is 11.7. The minimum absolute atomic E-state index is 0.0421. The Hall–Kier alpha value is -0.840. The summed E-state index contributed by atoms with van der Waals surface area (Å²) >= 11 is 5.19. The van der Waals surface area contributed by atoms with Crippen LogP contribution in [0.5, 0.6) is 0 Å². The van der Waals surface area contributed by atoms with Crippen LogP contribution < -0.4 is 11.2 Å². The Kier molecular flexibility index (Phi) is 4.57. The van der Waals surface area contributed by atoms with Gasteiger partial charge < -0.3 is 5.73 Å². The summed E-state index contributed by atoms with van der Waals surface area (Å²) in [5.74, 6) is -0.0587. The van der Waals surface area contributed by atoms with E-state index in [4.69, 9.17) is 11.6 Å². The molecule has 0 aliphatic rings. The minimum atomic E-state index is -0.837. The number of alkyl halides is 2. The van der Waals surface area contributed by atoms with Crippen molar-refractivity contribution in [2.75, 3.05) is 12.6 Å². The summed E-state index contributed by atoms with van der Waals surface area (Å²) in [5, 5.41) is 3.25. The summed E-state index contributed by atoms with van der Waals surface area (Å²) in [6.45, 7) is -0.788. The van der Waals surface area contributed by atoms with Crippen molar-refractivity contribution < 1.29 is 9.18 Å². The van der Waals surface area contributed by atoms with E-state index in [9.17, 15) is 9.18 Å². The van der Waals surface area contributed by atoms with E-state index in [0.717, 1.165) is 0 Å². The molecule has 0 saturated carbocycles. The molecular weight excluding hydrogens is 161 g/mol. The van der Waals surface area contributed by atoms with Crippen molar-refractivity contribution in [3.05, 3.63) is 0 Å². The summed E-state index contributed by atoms with van der Waals surface area (Å²) < 4.78 is 11.7. The van der Waals surface area contributed by atoms with Gasteiger partial charge in [-0.25, -0.2) is 14.6 Å². The van der Waals surface area contributed by atoms with E-state index in [-0.39, 0.29) is 11.6 Å². The molecule has 0 bridgehead atoms. The van der Waals surface area contributed by atoms with E-state index in [0.29, 0.717) is 0 Å². The van der Waals surface area contributed by atoms with Crippen molar-refractivity contribution in [3.63, 3.8) is 0 Å². The fourth-order valence-electron chi connectivity index (χ4n) is 0.230. The Morgan fingerprint density at radius 3 is 2.70 bits per heavy atom. The van der Waals surface area contributed by atoms with E-state index in [1.165, 1.54) is 0 Å². The minimum Gasteiger partial charge on any atom is -0.350 e. The SMILES string of the molecule is NC(=O)N/N=C(\CF)CCl. The molecule has 0 aliphatic carbocycles. The molecule has 0 fully saturated rings. The third-order valence-corrected chi connectivity index (χ3v) is 0.941. The standard InChI is InChI=1S/C4H7ClFN3O/c5-1-3(2-6)8-9-4(7)10/h1-2H2,(H3,7,9,10)/b8-3-. The number of hydrogen-bond acceptors (Lipinski definition) is 2. The van der Waals surface area contributed by atoms with Crippen LogP contribution in [0.2, 0.25) is 0 Å². The molecule has 10 heavy (non-hydrogen) atoms. The highest BCUT2D eigenvalue weighted by molar-refractivity contribution is 6.28. The van der Waals surface area contributed by atoms with Crippen molar-refractivity contribution in [2.45, 2.75) is 0 Å². The molecule has 0 rings (SSSR count). The Morgan fingerprint density at radius 2 is 2.40 bits per heavy atom. The second-order valence-corrected chi connectivity index (χ2v) is 1.69. The smallest absolute Gasteiger partial charge is 0.332 e.